The van der Waals surface area contributed by atoms with Crippen LogP contribution in [0.4, 0.5) is 0 Å². The van der Waals surface area contributed by atoms with Gasteiger partial charge in [-0.2, -0.15) is 0 Å². The summed E-state index contributed by atoms with van der Waals surface area (Å²) in [6.45, 7) is 5.09. The molecule has 0 saturated carbocycles. The zero-order valence-corrected chi connectivity index (χ0v) is 13.0. The second-order valence-electron chi connectivity index (χ2n) is 5.92. The lowest BCUT2D eigenvalue weighted by Crippen LogP contribution is -2.44. The highest BCUT2D eigenvalue weighted by molar-refractivity contribution is 7.10. The monoisotopic (exact) mass is 292 g/mol. The summed E-state index contributed by atoms with van der Waals surface area (Å²) in [5.74, 6) is 0.497. The lowest BCUT2D eigenvalue weighted by molar-refractivity contribution is -0.135. The van der Waals surface area contributed by atoms with Gasteiger partial charge in [-0.25, -0.2) is 0 Å². The molecular formula is C16H24N2OS. The first kappa shape index (κ1) is 14.1. The van der Waals surface area contributed by atoms with Gasteiger partial charge < -0.3 is 10.2 Å². The Hall–Kier alpha value is -0.870. The first-order valence-electron chi connectivity index (χ1n) is 7.88. The summed E-state index contributed by atoms with van der Waals surface area (Å²) in [5, 5.41) is 5.54. The molecule has 1 aromatic heterocycles. The number of fused-ring (bicyclic) bond motifs is 1. The second-order valence-corrected chi connectivity index (χ2v) is 6.92. The highest BCUT2D eigenvalue weighted by Gasteiger charge is 2.34. The molecule has 2 atom stereocenters. The van der Waals surface area contributed by atoms with Crippen LogP contribution in [0.5, 0.6) is 0 Å². The third-order valence-corrected chi connectivity index (χ3v) is 5.57. The van der Waals surface area contributed by atoms with Gasteiger partial charge in [-0.15, -0.1) is 11.3 Å². The maximum absolute atomic E-state index is 13.0. The largest absolute Gasteiger partial charge is 0.338 e. The van der Waals surface area contributed by atoms with Gasteiger partial charge in [0.15, 0.2) is 0 Å². The molecule has 0 bridgehead atoms. The number of nitrogens with zero attached hydrogens (tertiary/aromatic N) is 1. The molecule has 2 aliphatic rings. The van der Waals surface area contributed by atoms with Gasteiger partial charge in [0.25, 0.3) is 0 Å². The highest BCUT2D eigenvalue weighted by Crippen LogP contribution is 2.36. The number of carbonyl (C=O) groups is 1. The van der Waals surface area contributed by atoms with E-state index in [4.69, 9.17) is 0 Å². The molecule has 4 heteroatoms. The Morgan fingerprint density at radius 2 is 2.40 bits per heavy atom. The third-order valence-electron chi connectivity index (χ3n) is 4.57. The Balaban J connectivity index is 1.80. The van der Waals surface area contributed by atoms with Gasteiger partial charge >= 0.3 is 0 Å². The molecular weight excluding hydrogens is 268 g/mol. The maximum atomic E-state index is 13.0. The van der Waals surface area contributed by atoms with Crippen LogP contribution in [-0.4, -0.2) is 36.5 Å². The molecule has 3 nitrogen and oxygen atoms in total. The van der Waals surface area contributed by atoms with E-state index in [9.17, 15) is 4.79 Å². The minimum atomic E-state index is 0.122. The zero-order chi connectivity index (χ0) is 13.9. The lowest BCUT2D eigenvalue weighted by Gasteiger charge is -2.33. The first-order chi connectivity index (χ1) is 9.81. The van der Waals surface area contributed by atoms with E-state index in [-0.39, 0.29) is 5.92 Å². The van der Waals surface area contributed by atoms with Gasteiger partial charge in [0.1, 0.15) is 0 Å². The van der Waals surface area contributed by atoms with Crippen molar-refractivity contribution in [3.63, 3.8) is 0 Å². The molecule has 1 aliphatic carbocycles. The van der Waals surface area contributed by atoms with Crippen LogP contribution in [0.25, 0.3) is 0 Å². The Bertz CT molecular complexity index is 465. The molecule has 2 heterocycles. The fraction of sp³-hybridized carbons (Fsp3) is 0.688. The predicted molar refractivity (Wildman–Crippen MR) is 83.3 cm³/mol. The van der Waals surface area contributed by atoms with E-state index in [0.717, 1.165) is 51.7 Å². The Morgan fingerprint density at radius 1 is 1.50 bits per heavy atom. The molecule has 1 aromatic rings. The van der Waals surface area contributed by atoms with Gasteiger partial charge in [0, 0.05) is 24.0 Å². The molecule has 1 N–H and O–H groups in total. The van der Waals surface area contributed by atoms with Gasteiger partial charge in [-0.05, 0) is 55.7 Å². The maximum Gasteiger partial charge on any atom is 0.230 e. The van der Waals surface area contributed by atoms with E-state index in [0.29, 0.717) is 11.9 Å². The van der Waals surface area contributed by atoms with Crippen molar-refractivity contribution in [3.8, 4) is 0 Å². The van der Waals surface area contributed by atoms with Crippen LogP contribution in [0.1, 0.15) is 49.0 Å². The van der Waals surface area contributed by atoms with Crippen LogP contribution in [0.2, 0.25) is 0 Å². The fourth-order valence-electron chi connectivity index (χ4n) is 3.56. The molecule has 0 aromatic carbocycles. The molecule has 0 spiro atoms. The average Bonchev–Trinajstić information content (AvgIpc) is 3.14. The number of hydrogen-bond acceptors (Lipinski definition) is 3. The van der Waals surface area contributed by atoms with E-state index >= 15 is 0 Å². The first-order valence-corrected chi connectivity index (χ1v) is 8.76. The summed E-state index contributed by atoms with van der Waals surface area (Å²) >= 11 is 1.82. The lowest BCUT2D eigenvalue weighted by atomic mass is 9.86. The Morgan fingerprint density at radius 3 is 3.15 bits per heavy atom. The Labute approximate surface area is 125 Å². The number of aryl methyl sites for hydroxylation is 1. The number of thiophene rings is 1. The van der Waals surface area contributed by atoms with Crippen LogP contribution in [-0.2, 0) is 11.2 Å². The molecule has 0 radical (unpaired) electrons. The molecule has 1 saturated heterocycles. The summed E-state index contributed by atoms with van der Waals surface area (Å²) in [6, 6.07) is 2.59. The summed E-state index contributed by atoms with van der Waals surface area (Å²) < 4.78 is 0. The van der Waals surface area contributed by atoms with Gasteiger partial charge in [0.2, 0.25) is 5.91 Å². The smallest absolute Gasteiger partial charge is 0.230 e. The molecule has 1 amide bonds. The SMILES string of the molecule is CCCN(C(=O)C1CCCc2sccc21)C1CCNC1. The van der Waals surface area contributed by atoms with Crippen molar-refractivity contribution < 1.29 is 4.79 Å². The molecule has 110 valence electrons. The Kier molecular flexibility index (Phi) is 4.41. The number of hydrogen-bond donors (Lipinski definition) is 1. The van der Waals surface area contributed by atoms with E-state index in [1.54, 1.807) is 0 Å². The van der Waals surface area contributed by atoms with Crippen molar-refractivity contribution in [2.45, 2.75) is 51.0 Å². The van der Waals surface area contributed by atoms with Crippen molar-refractivity contribution in [2.75, 3.05) is 19.6 Å². The number of rotatable bonds is 4. The zero-order valence-electron chi connectivity index (χ0n) is 12.2. The quantitative estimate of drug-likeness (QED) is 0.925. The topological polar surface area (TPSA) is 32.3 Å². The van der Waals surface area contributed by atoms with Crippen LogP contribution in [0.15, 0.2) is 11.4 Å². The third kappa shape index (κ3) is 2.63. The number of carbonyl (C=O) groups excluding carboxylic acids is 1. The van der Waals surface area contributed by atoms with Crippen LogP contribution < -0.4 is 5.32 Å². The van der Waals surface area contributed by atoms with Crippen molar-refractivity contribution in [3.05, 3.63) is 21.9 Å². The molecule has 1 fully saturated rings. The summed E-state index contributed by atoms with van der Waals surface area (Å²) in [6.07, 6.45) is 5.51. The summed E-state index contributed by atoms with van der Waals surface area (Å²) in [4.78, 5) is 16.6. The standard InChI is InChI=1S/C16H24N2OS/c1-2-9-18(12-6-8-17-11-12)16(19)14-4-3-5-15-13(14)7-10-20-15/h7,10,12,14,17H,2-6,8-9,11H2,1H3. The molecule has 1 aliphatic heterocycles. The van der Waals surface area contributed by atoms with E-state index in [2.05, 4.69) is 28.6 Å². The highest BCUT2D eigenvalue weighted by atomic mass is 32.1. The molecule has 2 unspecified atom stereocenters. The average molecular weight is 292 g/mol. The summed E-state index contributed by atoms with van der Waals surface area (Å²) in [7, 11) is 0. The minimum absolute atomic E-state index is 0.122. The van der Waals surface area contributed by atoms with Gasteiger partial charge in [0.05, 0.1) is 5.92 Å². The van der Waals surface area contributed by atoms with Crippen molar-refractivity contribution >= 4 is 17.2 Å². The minimum Gasteiger partial charge on any atom is -0.338 e. The second kappa shape index (κ2) is 6.27. The van der Waals surface area contributed by atoms with Crippen molar-refractivity contribution in [1.29, 1.82) is 0 Å². The predicted octanol–water partition coefficient (Wildman–Crippen LogP) is 2.77. The van der Waals surface area contributed by atoms with Gasteiger partial charge in [-0.3, -0.25) is 4.79 Å². The summed E-state index contributed by atoms with van der Waals surface area (Å²) in [5.41, 5.74) is 1.32. The van der Waals surface area contributed by atoms with Crippen LogP contribution in [0.3, 0.4) is 0 Å². The molecule has 3 rings (SSSR count). The van der Waals surface area contributed by atoms with Crippen molar-refractivity contribution in [2.24, 2.45) is 0 Å². The van der Waals surface area contributed by atoms with E-state index < -0.39 is 0 Å². The fourth-order valence-corrected chi connectivity index (χ4v) is 4.55. The van der Waals surface area contributed by atoms with Crippen molar-refractivity contribution in [1.82, 2.24) is 10.2 Å². The normalized spacial score (nSPS) is 25.4. The number of amides is 1. The van der Waals surface area contributed by atoms with Crippen LogP contribution in [0, 0.1) is 0 Å². The van der Waals surface area contributed by atoms with Gasteiger partial charge in [-0.1, -0.05) is 6.92 Å². The molecule has 20 heavy (non-hydrogen) atoms. The van der Waals surface area contributed by atoms with E-state index in [1.807, 2.05) is 11.3 Å². The van der Waals surface area contributed by atoms with E-state index in [1.165, 1.54) is 10.4 Å². The number of nitrogens with one attached hydrogen (secondary N) is 1. The van der Waals surface area contributed by atoms with Crippen LogP contribution >= 0.6 is 11.3 Å².